The summed E-state index contributed by atoms with van der Waals surface area (Å²) in [7, 11) is 0. The first-order valence-corrected chi connectivity index (χ1v) is 9.24. The van der Waals surface area contributed by atoms with Gasteiger partial charge >= 0.3 is 0 Å². The number of hydrogen-bond acceptors (Lipinski definition) is 9. The third-order valence-electron chi connectivity index (χ3n) is 3.58. The molecule has 0 saturated heterocycles. The highest BCUT2D eigenvalue weighted by Crippen LogP contribution is 2.27. The summed E-state index contributed by atoms with van der Waals surface area (Å²) in [5.41, 5.74) is 1.17. The number of aromatic nitrogens is 4. The zero-order valence-corrected chi connectivity index (χ0v) is 15.6. The second-order valence-corrected chi connectivity index (χ2v) is 6.85. The van der Waals surface area contributed by atoms with E-state index in [9.17, 15) is 10.1 Å². The van der Waals surface area contributed by atoms with E-state index >= 15 is 0 Å². The predicted octanol–water partition coefficient (Wildman–Crippen LogP) is 4.64. The predicted molar refractivity (Wildman–Crippen MR) is 101 cm³/mol. The molecule has 0 saturated carbocycles. The Bertz CT molecular complexity index is 1150. The van der Waals surface area contributed by atoms with E-state index in [1.54, 1.807) is 30.3 Å². The first kappa shape index (κ1) is 18.1. The van der Waals surface area contributed by atoms with Crippen LogP contribution in [0.2, 0.25) is 5.02 Å². The molecule has 11 heteroatoms. The number of rotatable bonds is 6. The van der Waals surface area contributed by atoms with Crippen LogP contribution in [0.3, 0.4) is 0 Å². The lowest BCUT2D eigenvalue weighted by molar-refractivity contribution is -0.384. The quantitative estimate of drug-likeness (QED) is 0.251. The topological polar surface area (TPSA) is 121 Å². The van der Waals surface area contributed by atoms with Gasteiger partial charge in [-0.05, 0) is 18.2 Å². The van der Waals surface area contributed by atoms with Crippen molar-refractivity contribution in [3.05, 3.63) is 69.6 Å². The molecule has 0 aliphatic heterocycles. The molecule has 2 aromatic heterocycles. The lowest BCUT2D eigenvalue weighted by Gasteiger charge is -1.95. The minimum Gasteiger partial charge on any atom is -0.411 e. The average Bonchev–Trinajstić information content (AvgIpc) is 3.36. The van der Waals surface area contributed by atoms with Gasteiger partial charge in [0.25, 0.3) is 10.9 Å². The molecule has 0 spiro atoms. The standard InChI is InChI=1S/C17H10ClN5O4S/c18-12-5-1-4-11(7-12)16-20-21-17(26-16)28-9-14-19-15(22-27-14)10-3-2-6-13(8-10)23(24)25/h1-8H,9H2. The van der Waals surface area contributed by atoms with Crippen LogP contribution in [-0.2, 0) is 5.75 Å². The number of nitro groups is 1. The number of hydrogen-bond donors (Lipinski definition) is 0. The zero-order chi connectivity index (χ0) is 19.5. The Balaban J connectivity index is 1.44. The molecule has 0 aliphatic rings. The molecule has 2 aromatic carbocycles. The minimum atomic E-state index is -0.479. The van der Waals surface area contributed by atoms with E-state index in [1.807, 2.05) is 6.07 Å². The highest BCUT2D eigenvalue weighted by molar-refractivity contribution is 7.98. The third kappa shape index (κ3) is 4.02. The number of halogens is 1. The monoisotopic (exact) mass is 415 g/mol. The molecule has 0 N–H and O–H groups in total. The summed E-state index contributed by atoms with van der Waals surface area (Å²) in [5.74, 6) is 1.25. The summed E-state index contributed by atoms with van der Waals surface area (Å²) in [4.78, 5) is 14.6. The van der Waals surface area contributed by atoms with Crippen molar-refractivity contribution in [3.63, 3.8) is 0 Å². The second-order valence-electron chi connectivity index (χ2n) is 5.49. The van der Waals surface area contributed by atoms with Crippen molar-refractivity contribution >= 4 is 29.1 Å². The lowest BCUT2D eigenvalue weighted by atomic mass is 10.2. The van der Waals surface area contributed by atoms with Crippen molar-refractivity contribution in [3.8, 4) is 22.8 Å². The van der Waals surface area contributed by atoms with E-state index in [-0.39, 0.29) is 11.5 Å². The van der Waals surface area contributed by atoms with Crippen molar-refractivity contribution < 1.29 is 13.9 Å². The van der Waals surface area contributed by atoms with Gasteiger partial charge in [-0.1, -0.05) is 46.7 Å². The number of thioether (sulfide) groups is 1. The van der Waals surface area contributed by atoms with E-state index in [2.05, 4.69) is 20.3 Å². The van der Waals surface area contributed by atoms with Gasteiger partial charge in [0.1, 0.15) is 0 Å². The highest BCUT2D eigenvalue weighted by Gasteiger charge is 2.15. The summed E-state index contributed by atoms with van der Waals surface area (Å²) in [6.07, 6.45) is 0. The maximum absolute atomic E-state index is 10.9. The summed E-state index contributed by atoms with van der Waals surface area (Å²) >= 11 is 7.19. The number of nitrogens with zero attached hydrogens (tertiary/aromatic N) is 5. The molecule has 4 aromatic rings. The molecule has 0 fully saturated rings. The van der Waals surface area contributed by atoms with Crippen molar-refractivity contribution in [2.75, 3.05) is 0 Å². The Morgan fingerprint density at radius 3 is 2.75 bits per heavy atom. The summed E-state index contributed by atoms with van der Waals surface area (Å²) < 4.78 is 10.8. The minimum absolute atomic E-state index is 0.0439. The van der Waals surface area contributed by atoms with Crippen LogP contribution < -0.4 is 0 Å². The molecular weight excluding hydrogens is 406 g/mol. The molecule has 9 nitrogen and oxygen atoms in total. The van der Waals surface area contributed by atoms with Gasteiger partial charge in [0.15, 0.2) is 0 Å². The van der Waals surface area contributed by atoms with Crippen LogP contribution in [0.5, 0.6) is 0 Å². The summed E-state index contributed by atoms with van der Waals surface area (Å²) in [6, 6.07) is 13.1. The van der Waals surface area contributed by atoms with E-state index in [0.717, 1.165) is 5.56 Å². The van der Waals surface area contributed by atoms with Crippen molar-refractivity contribution in [1.82, 2.24) is 20.3 Å². The van der Waals surface area contributed by atoms with Gasteiger partial charge in [-0.15, -0.1) is 10.2 Å². The van der Waals surface area contributed by atoms with Crippen LogP contribution in [0.15, 0.2) is 62.7 Å². The van der Waals surface area contributed by atoms with E-state index in [4.69, 9.17) is 20.5 Å². The molecule has 2 heterocycles. The molecule has 4 rings (SSSR count). The number of non-ortho nitro benzene ring substituents is 1. The maximum atomic E-state index is 10.9. The fourth-order valence-electron chi connectivity index (χ4n) is 2.32. The number of benzene rings is 2. The summed E-state index contributed by atoms with van der Waals surface area (Å²) in [5, 5.41) is 23.6. The SMILES string of the molecule is O=[N+]([O-])c1cccc(-c2noc(CSc3nnc(-c4cccc(Cl)c4)o3)n2)c1. The van der Waals surface area contributed by atoms with Gasteiger partial charge in [0, 0.05) is 28.3 Å². The van der Waals surface area contributed by atoms with E-state index < -0.39 is 4.92 Å². The molecule has 28 heavy (non-hydrogen) atoms. The third-order valence-corrected chi connectivity index (χ3v) is 4.62. The summed E-state index contributed by atoms with van der Waals surface area (Å²) in [6.45, 7) is 0. The molecule has 0 aliphatic carbocycles. The van der Waals surface area contributed by atoms with Gasteiger partial charge in [-0.2, -0.15) is 4.98 Å². The Hall–Kier alpha value is -3.24. The lowest BCUT2D eigenvalue weighted by Crippen LogP contribution is -1.89. The van der Waals surface area contributed by atoms with Crippen LogP contribution >= 0.6 is 23.4 Å². The van der Waals surface area contributed by atoms with E-state index in [1.165, 1.54) is 23.9 Å². The molecular formula is C17H10ClN5O4S. The van der Waals surface area contributed by atoms with Crippen molar-refractivity contribution in [1.29, 1.82) is 0 Å². The normalized spacial score (nSPS) is 10.9. The number of nitro benzene ring substituents is 1. The molecule has 0 atom stereocenters. The van der Waals surface area contributed by atoms with Gasteiger partial charge < -0.3 is 8.94 Å². The average molecular weight is 416 g/mol. The first-order valence-electron chi connectivity index (χ1n) is 7.88. The Kier molecular flexibility index (Phi) is 5.04. The van der Waals surface area contributed by atoms with Crippen molar-refractivity contribution in [2.45, 2.75) is 11.0 Å². The Morgan fingerprint density at radius 2 is 1.93 bits per heavy atom. The molecule has 0 unspecified atom stereocenters. The first-order chi connectivity index (χ1) is 13.6. The van der Waals surface area contributed by atoms with Crippen molar-refractivity contribution in [2.24, 2.45) is 0 Å². The molecule has 0 radical (unpaired) electrons. The second kappa shape index (κ2) is 7.79. The van der Waals surface area contributed by atoms with Crippen LogP contribution in [-0.4, -0.2) is 25.3 Å². The smallest absolute Gasteiger partial charge is 0.277 e. The van der Waals surface area contributed by atoms with Crippen LogP contribution in [0, 0.1) is 10.1 Å². The Morgan fingerprint density at radius 1 is 1.11 bits per heavy atom. The molecule has 0 bridgehead atoms. The van der Waals surface area contributed by atoms with E-state index in [0.29, 0.717) is 33.3 Å². The zero-order valence-electron chi connectivity index (χ0n) is 14.0. The Labute approximate surface area is 166 Å². The fourth-order valence-corrected chi connectivity index (χ4v) is 3.11. The highest BCUT2D eigenvalue weighted by atomic mass is 35.5. The molecule has 0 amide bonds. The van der Waals surface area contributed by atoms with Crippen LogP contribution in [0.25, 0.3) is 22.8 Å². The van der Waals surface area contributed by atoms with Crippen LogP contribution in [0.1, 0.15) is 5.89 Å². The van der Waals surface area contributed by atoms with Gasteiger partial charge in [0.05, 0.1) is 10.7 Å². The van der Waals surface area contributed by atoms with Gasteiger partial charge in [0.2, 0.25) is 17.6 Å². The maximum Gasteiger partial charge on any atom is 0.277 e. The fraction of sp³-hybridized carbons (Fsp3) is 0.0588. The molecule has 140 valence electrons. The van der Waals surface area contributed by atoms with Gasteiger partial charge in [-0.25, -0.2) is 0 Å². The van der Waals surface area contributed by atoms with Gasteiger partial charge in [-0.3, -0.25) is 10.1 Å². The van der Waals surface area contributed by atoms with Crippen LogP contribution in [0.4, 0.5) is 5.69 Å². The largest absolute Gasteiger partial charge is 0.411 e.